The van der Waals surface area contributed by atoms with Crippen LogP contribution in [0.1, 0.15) is 12.6 Å². The molecule has 1 N–H and O–H groups in total. The standard InChI is InChI=1S/C8H14N4OS/c1-3-12(2)8(13)5-9-4-7-6-14-11-10-7/h6,9H,3-5H2,1-2H3. The highest BCUT2D eigenvalue weighted by molar-refractivity contribution is 7.03. The van der Waals surface area contributed by atoms with E-state index < -0.39 is 0 Å². The van der Waals surface area contributed by atoms with Crippen LogP contribution in [0.25, 0.3) is 0 Å². The highest BCUT2D eigenvalue weighted by Gasteiger charge is 2.05. The molecule has 1 aromatic rings. The molecule has 0 unspecified atom stereocenters. The fourth-order valence-corrected chi connectivity index (χ4v) is 1.32. The summed E-state index contributed by atoms with van der Waals surface area (Å²) >= 11 is 1.31. The number of rotatable bonds is 5. The largest absolute Gasteiger partial charge is 0.345 e. The number of aromatic nitrogens is 2. The Morgan fingerprint density at radius 1 is 1.71 bits per heavy atom. The van der Waals surface area contributed by atoms with E-state index in [9.17, 15) is 4.79 Å². The van der Waals surface area contributed by atoms with Crippen LogP contribution in [0.5, 0.6) is 0 Å². The highest BCUT2D eigenvalue weighted by atomic mass is 32.1. The summed E-state index contributed by atoms with van der Waals surface area (Å²) in [4.78, 5) is 13.0. The molecule has 78 valence electrons. The van der Waals surface area contributed by atoms with Gasteiger partial charge in [0.15, 0.2) is 0 Å². The van der Waals surface area contributed by atoms with Gasteiger partial charge < -0.3 is 10.2 Å². The van der Waals surface area contributed by atoms with E-state index in [0.29, 0.717) is 13.1 Å². The minimum Gasteiger partial charge on any atom is -0.345 e. The first-order chi connectivity index (χ1) is 6.74. The summed E-state index contributed by atoms with van der Waals surface area (Å²) in [5, 5.41) is 8.74. The third-order valence-electron chi connectivity index (χ3n) is 1.89. The van der Waals surface area contributed by atoms with Gasteiger partial charge in [-0.15, -0.1) is 5.10 Å². The molecular formula is C8H14N4OS. The molecule has 0 atom stereocenters. The molecule has 0 aromatic carbocycles. The number of hydrogen-bond donors (Lipinski definition) is 1. The summed E-state index contributed by atoms with van der Waals surface area (Å²) in [6.07, 6.45) is 0. The second-order valence-electron chi connectivity index (χ2n) is 2.91. The lowest BCUT2D eigenvalue weighted by Gasteiger charge is -2.14. The lowest BCUT2D eigenvalue weighted by molar-refractivity contribution is -0.128. The Morgan fingerprint density at radius 2 is 2.50 bits per heavy atom. The number of hydrogen-bond acceptors (Lipinski definition) is 5. The van der Waals surface area contributed by atoms with Crippen LogP contribution in [-0.4, -0.2) is 40.5 Å². The number of amides is 1. The predicted octanol–water partition coefficient (Wildman–Crippen LogP) is 0.106. The summed E-state index contributed by atoms with van der Waals surface area (Å²) < 4.78 is 3.73. The number of likely N-dealkylation sites (N-methyl/N-ethyl adjacent to an activating group) is 1. The van der Waals surface area contributed by atoms with Gasteiger partial charge in [0.1, 0.15) is 0 Å². The Kier molecular flexibility index (Phi) is 4.48. The third kappa shape index (κ3) is 3.39. The molecule has 6 heteroatoms. The second-order valence-corrected chi connectivity index (χ2v) is 3.52. The molecule has 0 fully saturated rings. The average molecular weight is 214 g/mol. The van der Waals surface area contributed by atoms with E-state index in [4.69, 9.17) is 0 Å². The van der Waals surface area contributed by atoms with Crippen LogP contribution in [0.4, 0.5) is 0 Å². The average Bonchev–Trinajstić information content (AvgIpc) is 2.69. The first kappa shape index (κ1) is 11.1. The van der Waals surface area contributed by atoms with Crippen molar-refractivity contribution in [3.63, 3.8) is 0 Å². The van der Waals surface area contributed by atoms with E-state index in [2.05, 4.69) is 14.9 Å². The lowest BCUT2D eigenvalue weighted by Crippen LogP contribution is -2.35. The number of nitrogens with one attached hydrogen (secondary N) is 1. The zero-order chi connectivity index (χ0) is 10.4. The SMILES string of the molecule is CCN(C)C(=O)CNCc1csnn1. The lowest BCUT2D eigenvalue weighted by atomic mass is 10.4. The summed E-state index contributed by atoms with van der Waals surface area (Å²) in [6, 6.07) is 0. The highest BCUT2D eigenvalue weighted by Crippen LogP contribution is 1.95. The monoisotopic (exact) mass is 214 g/mol. The summed E-state index contributed by atoms with van der Waals surface area (Å²) in [7, 11) is 1.79. The van der Waals surface area contributed by atoms with Gasteiger partial charge in [-0.25, -0.2) is 0 Å². The van der Waals surface area contributed by atoms with Crippen molar-refractivity contribution in [2.24, 2.45) is 0 Å². The minimum atomic E-state index is 0.0932. The minimum absolute atomic E-state index is 0.0932. The van der Waals surface area contributed by atoms with Gasteiger partial charge >= 0.3 is 0 Å². The van der Waals surface area contributed by atoms with Crippen LogP contribution < -0.4 is 5.32 Å². The Morgan fingerprint density at radius 3 is 3.07 bits per heavy atom. The van der Waals surface area contributed by atoms with Crippen molar-refractivity contribution < 1.29 is 4.79 Å². The Hall–Kier alpha value is -1.01. The quantitative estimate of drug-likeness (QED) is 0.755. The molecule has 14 heavy (non-hydrogen) atoms. The van der Waals surface area contributed by atoms with E-state index in [1.54, 1.807) is 11.9 Å². The maximum atomic E-state index is 11.3. The number of nitrogens with zero attached hydrogens (tertiary/aromatic N) is 3. The van der Waals surface area contributed by atoms with E-state index in [1.807, 2.05) is 12.3 Å². The molecule has 0 aliphatic carbocycles. The molecule has 5 nitrogen and oxygen atoms in total. The Labute approximate surface area is 87.3 Å². The maximum absolute atomic E-state index is 11.3. The van der Waals surface area contributed by atoms with Crippen LogP contribution in [0.3, 0.4) is 0 Å². The Bertz CT molecular complexity index is 275. The molecule has 0 aliphatic rings. The molecule has 1 rings (SSSR count). The van der Waals surface area contributed by atoms with Crippen molar-refractivity contribution >= 4 is 17.4 Å². The molecule has 1 amide bonds. The van der Waals surface area contributed by atoms with Crippen LogP contribution in [0, 0.1) is 0 Å². The molecule has 0 saturated carbocycles. The first-order valence-corrected chi connectivity index (χ1v) is 5.28. The summed E-state index contributed by atoms with van der Waals surface area (Å²) in [6.45, 7) is 3.63. The van der Waals surface area contributed by atoms with Gasteiger partial charge in [-0.2, -0.15) is 0 Å². The molecular weight excluding hydrogens is 200 g/mol. The second kappa shape index (κ2) is 5.66. The fourth-order valence-electron chi connectivity index (χ4n) is 0.870. The van der Waals surface area contributed by atoms with Gasteiger partial charge in [0.2, 0.25) is 5.91 Å². The van der Waals surface area contributed by atoms with Gasteiger partial charge in [-0.3, -0.25) is 4.79 Å². The first-order valence-electron chi connectivity index (χ1n) is 4.44. The molecule has 0 saturated heterocycles. The van der Waals surface area contributed by atoms with Crippen molar-refractivity contribution in [3.8, 4) is 0 Å². The van der Waals surface area contributed by atoms with Gasteiger partial charge in [0, 0.05) is 25.5 Å². The molecule has 1 aromatic heterocycles. The Balaban J connectivity index is 2.18. The van der Waals surface area contributed by atoms with Crippen LogP contribution in [-0.2, 0) is 11.3 Å². The summed E-state index contributed by atoms with van der Waals surface area (Å²) in [5.41, 5.74) is 0.877. The van der Waals surface area contributed by atoms with Gasteiger partial charge in [0.25, 0.3) is 0 Å². The van der Waals surface area contributed by atoms with Gasteiger partial charge in [-0.1, -0.05) is 4.49 Å². The van der Waals surface area contributed by atoms with Gasteiger partial charge in [-0.05, 0) is 18.5 Å². The van der Waals surface area contributed by atoms with E-state index in [0.717, 1.165) is 12.2 Å². The molecule has 0 aliphatic heterocycles. The van der Waals surface area contributed by atoms with Crippen molar-refractivity contribution in [2.75, 3.05) is 20.1 Å². The molecule has 0 bridgehead atoms. The maximum Gasteiger partial charge on any atom is 0.236 e. The smallest absolute Gasteiger partial charge is 0.236 e. The molecule has 1 heterocycles. The van der Waals surface area contributed by atoms with E-state index >= 15 is 0 Å². The number of carbonyl (C=O) groups is 1. The van der Waals surface area contributed by atoms with Crippen molar-refractivity contribution in [2.45, 2.75) is 13.5 Å². The van der Waals surface area contributed by atoms with Crippen molar-refractivity contribution in [3.05, 3.63) is 11.1 Å². The summed E-state index contributed by atoms with van der Waals surface area (Å²) in [5.74, 6) is 0.0932. The topological polar surface area (TPSA) is 58.1 Å². The molecule has 0 radical (unpaired) electrons. The number of carbonyl (C=O) groups excluding carboxylic acids is 1. The van der Waals surface area contributed by atoms with E-state index in [-0.39, 0.29) is 5.91 Å². The normalized spacial score (nSPS) is 10.1. The van der Waals surface area contributed by atoms with Crippen LogP contribution in [0.2, 0.25) is 0 Å². The van der Waals surface area contributed by atoms with E-state index in [1.165, 1.54) is 11.5 Å². The molecule has 0 spiro atoms. The zero-order valence-electron chi connectivity index (χ0n) is 8.36. The fraction of sp³-hybridized carbons (Fsp3) is 0.625. The van der Waals surface area contributed by atoms with Crippen LogP contribution >= 0.6 is 11.5 Å². The van der Waals surface area contributed by atoms with Gasteiger partial charge in [0.05, 0.1) is 12.2 Å². The van der Waals surface area contributed by atoms with Crippen LogP contribution in [0.15, 0.2) is 5.38 Å². The zero-order valence-corrected chi connectivity index (χ0v) is 9.17. The van der Waals surface area contributed by atoms with Crippen molar-refractivity contribution in [1.29, 1.82) is 0 Å². The third-order valence-corrected chi connectivity index (χ3v) is 2.44. The predicted molar refractivity (Wildman–Crippen MR) is 54.9 cm³/mol. The van der Waals surface area contributed by atoms with Crippen molar-refractivity contribution in [1.82, 2.24) is 19.8 Å².